The van der Waals surface area contributed by atoms with Crippen LogP contribution in [-0.2, 0) is 0 Å². The highest BCUT2D eigenvalue weighted by atomic mass is 16.2. The molecule has 1 fully saturated rings. The maximum Gasteiger partial charge on any atom is 0.319 e. The molecule has 148 valence electrons. The van der Waals surface area contributed by atoms with Gasteiger partial charge in [-0.25, -0.2) is 4.79 Å². The van der Waals surface area contributed by atoms with Crippen molar-refractivity contribution in [2.45, 2.75) is 33.1 Å². The Hall–Kier alpha value is -3.02. The number of benzene rings is 2. The third-order valence-corrected chi connectivity index (χ3v) is 4.77. The molecular formula is C22H28N4O2. The van der Waals surface area contributed by atoms with Gasteiger partial charge in [-0.2, -0.15) is 0 Å². The lowest BCUT2D eigenvalue weighted by Crippen LogP contribution is -2.30. The summed E-state index contributed by atoms with van der Waals surface area (Å²) in [5.41, 5.74) is 3.99. The van der Waals surface area contributed by atoms with E-state index in [1.54, 1.807) is 6.07 Å². The van der Waals surface area contributed by atoms with E-state index in [1.165, 1.54) is 0 Å². The second kappa shape index (κ2) is 9.26. The maximum atomic E-state index is 12.6. The number of anilines is 3. The lowest BCUT2D eigenvalue weighted by molar-refractivity contribution is 0.102. The van der Waals surface area contributed by atoms with Gasteiger partial charge in [-0.3, -0.25) is 4.79 Å². The van der Waals surface area contributed by atoms with Crippen molar-refractivity contribution in [3.63, 3.8) is 0 Å². The van der Waals surface area contributed by atoms with Crippen LogP contribution in [0, 0.1) is 6.92 Å². The number of urea groups is 1. The van der Waals surface area contributed by atoms with Crippen molar-refractivity contribution < 1.29 is 9.59 Å². The molecule has 6 nitrogen and oxygen atoms in total. The van der Waals surface area contributed by atoms with Crippen LogP contribution in [-0.4, -0.2) is 31.6 Å². The van der Waals surface area contributed by atoms with E-state index in [2.05, 4.69) is 20.9 Å². The molecule has 3 rings (SSSR count). The highest BCUT2D eigenvalue weighted by Crippen LogP contribution is 2.32. The molecule has 2 aromatic carbocycles. The number of amides is 3. The van der Waals surface area contributed by atoms with Crippen molar-refractivity contribution in [3.8, 4) is 0 Å². The van der Waals surface area contributed by atoms with Gasteiger partial charge in [0.05, 0.1) is 11.4 Å². The van der Waals surface area contributed by atoms with E-state index in [9.17, 15) is 9.59 Å². The molecule has 2 aromatic rings. The maximum absolute atomic E-state index is 12.6. The van der Waals surface area contributed by atoms with Crippen LogP contribution in [0.25, 0.3) is 0 Å². The smallest absolute Gasteiger partial charge is 0.319 e. The molecule has 0 aliphatic carbocycles. The minimum Gasteiger partial charge on any atom is -0.370 e. The highest BCUT2D eigenvalue weighted by Gasteiger charge is 2.18. The van der Waals surface area contributed by atoms with Gasteiger partial charge in [-0.15, -0.1) is 0 Å². The predicted molar refractivity (Wildman–Crippen MR) is 114 cm³/mol. The monoisotopic (exact) mass is 380 g/mol. The van der Waals surface area contributed by atoms with Crippen LogP contribution in [0.1, 0.15) is 42.1 Å². The molecule has 0 spiro atoms. The number of carbonyl (C=O) groups excluding carboxylic acids is 2. The zero-order chi connectivity index (χ0) is 19.9. The van der Waals surface area contributed by atoms with Crippen molar-refractivity contribution in [2.75, 3.05) is 35.2 Å². The van der Waals surface area contributed by atoms with Crippen LogP contribution in [0.15, 0.2) is 42.5 Å². The lowest BCUT2D eigenvalue weighted by atomic mass is 10.1. The number of nitrogens with one attached hydrogen (secondary N) is 3. The number of rotatable bonds is 6. The Morgan fingerprint density at radius 3 is 2.54 bits per heavy atom. The second-order valence-corrected chi connectivity index (χ2v) is 7.13. The van der Waals surface area contributed by atoms with E-state index in [1.807, 2.05) is 50.2 Å². The summed E-state index contributed by atoms with van der Waals surface area (Å²) in [5, 5.41) is 8.71. The third-order valence-electron chi connectivity index (χ3n) is 4.77. The van der Waals surface area contributed by atoms with E-state index in [-0.39, 0.29) is 11.9 Å². The first kappa shape index (κ1) is 19.7. The summed E-state index contributed by atoms with van der Waals surface area (Å²) >= 11 is 0. The molecule has 0 atom stereocenters. The molecule has 1 aliphatic heterocycles. The quantitative estimate of drug-likeness (QED) is 0.696. The van der Waals surface area contributed by atoms with Crippen LogP contribution in [0.5, 0.6) is 0 Å². The first-order valence-electron chi connectivity index (χ1n) is 9.88. The molecule has 1 saturated heterocycles. The Morgan fingerprint density at radius 2 is 1.82 bits per heavy atom. The van der Waals surface area contributed by atoms with Crippen molar-refractivity contribution >= 4 is 29.0 Å². The molecule has 0 unspecified atom stereocenters. The summed E-state index contributed by atoms with van der Waals surface area (Å²) in [6, 6.07) is 12.9. The zero-order valence-electron chi connectivity index (χ0n) is 16.5. The van der Waals surface area contributed by atoms with Crippen LogP contribution in [0.2, 0.25) is 0 Å². The van der Waals surface area contributed by atoms with Crippen molar-refractivity contribution in [1.29, 1.82) is 0 Å². The van der Waals surface area contributed by atoms with Gasteiger partial charge in [0.25, 0.3) is 5.91 Å². The summed E-state index contributed by atoms with van der Waals surface area (Å²) in [4.78, 5) is 27.0. The number of nitrogens with zero attached hydrogens (tertiary/aromatic N) is 1. The number of aryl methyl sites for hydroxylation is 1. The third kappa shape index (κ3) is 5.03. The van der Waals surface area contributed by atoms with Gasteiger partial charge < -0.3 is 20.9 Å². The van der Waals surface area contributed by atoms with Crippen molar-refractivity contribution in [3.05, 3.63) is 53.6 Å². The van der Waals surface area contributed by atoms with Crippen molar-refractivity contribution in [1.82, 2.24) is 5.32 Å². The zero-order valence-corrected chi connectivity index (χ0v) is 16.5. The highest BCUT2D eigenvalue weighted by molar-refractivity contribution is 6.05. The second-order valence-electron chi connectivity index (χ2n) is 7.13. The fraction of sp³-hybridized carbons (Fsp3) is 0.364. The summed E-state index contributed by atoms with van der Waals surface area (Å²) < 4.78 is 0. The largest absolute Gasteiger partial charge is 0.370 e. The fourth-order valence-electron chi connectivity index (χ4n) is 3.34. The van der Waals surface area contributed by atoms with E-state index in [0.29, 0.717) is 23.5 Å². The normalized spacial score (nSPS) is 13.3. The molecule has 0 saturated carbocycles. The van der Waals surface area contributed by atoms with Crippen LogP contribution < -0.4 is 20.9 Å². The molecule has 3 N–H and O–H groups in total. The van der Waals surface area contributed by atoms with Gasteiger partial charge in [-0.05, 0) is 56.5 Å². The molecule has 6 heteroatoms. The van der Waals surface area contributed by atoms with E-state index < -0.39 is 0 Å². The Bertz CT molecular complexity index is 844. The average molecular weight is 380 g/mol. The van der Waals surface area contributed by atoms with Gasteiger partial charge in [0.15, 0.2) is 0 Å². The number of carbonyl (C=O) groups is 2. The van der Waals surface area contributed by atoms with Gasteiger partial charge >= 0.3 is 6.03 Å². The summed E-state index contributed by atoms with van der Waals surface area (Å²) in [7, 11) is 0. The molecule has 28 heavy (non-hydrogen) atoms. The predicted octanol–water partition coefficient (Wildman–Crippen LogP) is 4.38. The van der Waals surface area contributed by atoms with E-state index >= 15 is 0 Å². The molecule has 0 radical (unpaired) electrons. The van der Waals surface area contributed by atoms with Gasteiger partial charge in [0.1, 0.15) is 0 Å². The standard InChI is InChI=1S/C22H28N4O2/c1-3-11-23-22(28)25-19-15-18(9-10-20(19)26-12-4-5-13-26)24-21(27)17-8-6-7-16(2)14-17/h6-10,14-15H,3-5,11-13H2,1-2H3,(H,24,27)(H2,23,25,28). The fourth-order valence-corrected chi connectivity index (χ4v) is 3.34. The summed E-state index contributed by atoms with van der Waals surface area (Å²) in [5.74, 6) is -0.168. The molecule has 1 aliphatic rings. The minimum absolute atomic E-state index is 0.168. The molecule has 3 amide bonds. The van der Waals surface area contributed by atoms with Gasteiger partial charge in [0.2, 0.25) is 0 Å². The molecular weight excluding hydrogens is 352 g/mol. The molecule has 1 heterocycles. The van der Waals surface area contributed by atoms with E-state index in [0.717, 1.165) is 43.6 Å². The van der Waals surface area contributed by atoms with Crippen LogP contribution in [0.3, 0.4) is 0 Å². The Balaban J connectivity index is 1.80. The molecule has 0 bridgehead atoms. The Morgan fingerprint density at radius 1 is 1.04 bits per heavy atom. The lowest BCUT2D eigenvalue weighted by Gasteiger charge is -2.22. The Labute approximate surface area is 166 Å². The Kier molecular flexibility index (Phi) is 6.53. The summed E-state index contributed by atoms with van der Waals surface area (Å²) in [6.45, 7) is 6.53. The van der Waals surface area contributed by atoms with Gasteiger partial charge in [0, 0.05) is 30.9 Å². The van der Waals surface area contributed by atoms with Crippen molar-refractivity contribution in [2.24, 2.45) is 0 Å². The van der Waals surface area contributed by atoms with Crippen LogP contribution >= 0.6 is 0 Å². The SMILES string of the molecule is CCCNC(=O)Nc1cc(NC(=O)c2cccc(C)c2)ccc1N1CCCC1. The van der Waals surface area contributed by atoms with Crippen LogP contribution in [0.4, 0.5) is 21.9 Å². The first-order valence-corrected chi connectivity index (χ1v) is 9.88. The number of hydrogen-bond donors (Lipinski definition) is 3. The molecule has 0 aromatic heterocycles. The average Bonchev–Trinajstić information content (AvgIpc) is 3.21. The topological polar surface area (TPSA) is 73.5 Å². The van der Waals surface area contributed by atoms with Gasteiger partial charge in [-0.1, -0.05) is 24.6 Å². The minimum atomic E-state index is -0.232. The summed E-state index contributed by atoms with van der Waals surface area (Å²) in [6.07, 6.45) is 3.17. The number of hydrogen-bond acceptors (Lipinski definition) is 3. The first-order chi connectivity index (χ1) is 13.6. The van der Waals surface area contributed by atoms with E-state index in [4.69, 9.17) is 0 Å².